The molecule has 2 rings (SSSR count). The van der Waals surface area contributed by atoms with Gasteiger partial charge in [-0.15, -0.1) is 11.8 Å². The number of carbonyl (C=O) groups is 1. The SMILES string of the molecule is Nc1cc(Cl)ccc1SCC(=O)NCCc1ccccc1. The van der Waals surface area contributed by atoms with Crippen molar-refractivity contribution in [3.05, 3.63) is 59.1 Å². The third-order valence-corrected chi connectivity index (χ3v) is 4.23. The summed E-state index contributed by atoms with van der Waals surface area (Å²) in [5, 5.41) is 3.51. The molecule has 0 aliphatic carbocycles. The van der Waals surface area contributed by atoms with Crippen molar-refractivity contribution in [3.8, 4) is 0 Å². The molecule has 0 saturated carbocycles. The fourth-order valence-electron chi connectivity index (χ4n) is 1.84. The van der Waals surface area contributed by atoms with Crippen molar-refractivity contribution >= 4 is 35.0 Å². The van der Waals surface area contributed by atoms with Crippen LogP contribution in [-0.4, -0.2) is 18.2 Å². The van der Waals surface area contributed by atoms with E-state index in [1.165, 1.54) is 17.3 Å². The quantitative estimate of drug-likeness (QED) is 0.634. The molecule has 0 unspecified atom stereocenters. The van der Waals surface area contributed by atoms with Gasteiger partial charge in [0.1, 0.15) is 0 Å². The number of thioether (sulfide) groups is 1. The molecule has 0 spiro atoms. The molecule has 0 atom stereocenters. The predicted molar refractivity (Wildman–Crippen MR) is 89.7 cm³/mol. The van der Waals surface area contributed by atoms with E-state index in [9.17, 15) is 4.79 Å². The van der Waals surface area contributed by atoms with Crippen LogP contribution < -0.4 is 11.1 Å². The molecular weight excluding hydrogens is 304 g/mol. The van der Waals surface area contributed by atoms with Crippen molar-refractivity contribution in [1.29, 1.82) is 0 Å². The highest BCUT2D eigenvalue weighted by Crippen LogP contribution is 2.27. The van der Waals surface area contributed by atoms with Gasteiger partial charge in [0, 0.05) is 22.2 Å². The van der Waals surface area contributed by atoms with E-state index in [1.54, 1.807) is 12.1 Å². The molecule has 3 nitrogen and oxygen atoms in total. The van der Waals surface area contributed by atoms with Crippen LogP contribution in [0, 0.1) is 0 Å². The highest BCUT2D eigenvalue weighted by molar-refractivity contribution is 8.00. The maximum absolute atomic E-state index is 11.8. The maximum atomic E-state index is 11.8. The average Bonchev–Trinajstić information content (AvgIpc) is 2.47. The number of carbonyl (C=O) groups excluding carboxylic acids is 1. The van der Waals surface area contributed by atoms with Gasteiger partial charge in [-0.1, -0.05) is 41.9 Å². The van der Waals surface area contributed by atoms with E-state index in [2.05, 4.69) is 17.4 Å². The number of nitrogens with one attached hydrogen (secondary N) is 1. The Labute approximate surface area is 133 Å². The number of rotatable bonds is 6. The fraction of sp³-hybridized carbons (Fsp3) is 0.188. The topological polar surface area (TPSA) is 55.1 Å². The van der Waals surface area contributed by atoms with E-state index in [0.717, 1.165) is 11.3 Å². The fourth-order valence-corrected chi connectivity index (χ4v) is 2.80. The van der Waals surface area contributed by atoms with E-state index < -0.39 is 0 Å². The Morgan fingerprint density at radius 2 is 1.95 bits per heavy atom. The molecule has 0 heterocycles. The van der Waals surface area contributed by atoms with Crippen LogP contribution in [0.3, 0.4) is 0 Å². The first-order valence-electron chi connectivity index (χ1n) is 6.63. The lowest BCUT2D eigenvalue weighted by molar-refractivity contribution is -0.118. The monoisotopic (exact) mass is 320 g/mol. The summed E-state index contributed by atoms with van der Waals surface area (Å²) in [5.41, 5.74) is 7.66. The smallest absolute Gasteiger partial charge is 0.230 e. The molecule has 21 heavy (non-hydrogen) atoms. The number of nitrogen functional groups attached to an aromatic ring is 1. The van der Waals surface area contributed by atoms with Gasteiger partial charge in [0.05, 0.1) is 5.75 Å². The van der Waals surface area contributed by atoms with Gasteiger partial charge in [-0.05, 0) is 30.2 Å². The third kappa shape index (κ3) is 5.33. The van der Waals surface area contributed by atoms with Crippen LogP contribution in [0.4, 0.5) is 5.69 Å². The summed E-state index contributed by atoms with van der Waals surface area (Å²) in [4.78, 5) is 12.7. The third-order valence-electron chi connectivity index (χ3n) is 2.91. The molecule has 5 heteroatoms. The van der Waals surface area contributed by atoms with Crippen LogP contribution >= 0.6 is 23.4 Å². The Kier molecular flexibility index (Phi) is 5.96. The second-order valence-electron chi connectivity index (χ2n) is 4.56. The van der Waals surface area contributed by atoms with Gasteiger partial charge >= 0.3 is 0 Å². The minimum absolute atomic E-state index is 0.00489. The predicted octanol–water partition coefficient (Wildman–Crippen LogP) is 3.37. The number of anilines is 1. The molecule has 0 aromatic heterocycles. The summed E-state index contributed by atoms with van der Waals surface area (Å²) in [6.07, 6.45) is 0.834. The minimum atomic E-state index is 0.00489. The molecule has 3 N–H and O–H groups in total. The van der Waals surface area contributed by atoms with Crippen molar-refractivity contribution in [2.24, 2.45) is 0 Å². The van der Waals surface area contributed by atoms with Crippen LogP contribution in [0.1, 0.15) is 5.56 Å². The van der Waals surface area contributed by atoms with Crippen molar-refractivity contribution in [2.45, 2.75) is 11.3 Å². The van der Waals surface area contributed by atoms with Crippen molar-refractivity contribution in [2.75, 3.05) is 18.0 Å². The Morgan fingerprint density at radius 1 is 1.19 bits per heavy atom. The molecule has 1 amide bonds. The first-order valence-corrected chi connectivity index (χ1v) is 8.00. The lowest BCUT2D eigenvalue weighted by Crippen LogP contribution is -2.27. The summed E-state index contributed by atoms with van der Waals surface area (Å²) < 4.78 is 0. The molecule has 0 aliphatic heterocycles. The Bertz CT molecular complexity index is 604. The van der Waals surface area contributed by atoms with Gasteiger partial charge in [-0.2, -0.15) is 0 Å². The van der Waals surface area contributed by atoms with Crippen LogP contribution in [0.2, 0.25) is 5.02 Å². The van der Waals surface area contributed by atoms with Crippen LogP contribution in [0.5, 0.6) is 0 Å². The van der Waals surface area contributed by atoms with Crippen LogP contribution in [0.25, 0.3) is 0 Å². The first-order chi connectivity index (χ1) is 10.1. The van der Waals surface area contributed by atoms with E-state index in [4.69, 9.17) is 17.3 Å². The largest absolute Gasteiger partial charge is 0.398 e. The second-order valence-corrected chi connectivity index (χ2v) is 6.01. The zero-order valence-corrected chi connectivity index (χ0v) is 13.1. The number of hydrogen-bond acceptors (Lipinski definition) is 3. The number of nitrogens with two attached hydrogens (primary N) is 1. The van der Waals surface area contributed by atoms with Crippen molar-refractivity contribution in [1.82, 2.24) is 5.32 Å². The van der Waals surface area contributed by atoms with Gasteiger partial charge < -0.3 is 11.1 Å². The highest BCUT2D eigenvalue weighted by Gasteiger charge is 2.05. The van der Waals surface area contributed by atoms with Gasteiger partial charge in [0.2, 0.25) is 5.91 Å². The minimum Gasteiger partial charge on any atom is -0.398 e. The molecule has 2 aromatic carbocycles. The second kappa shape index (κ2) is 7.96. The lowest BCUT2D eigenvalue weighted by atomic mass is 10.1. The number of hydrogen-bond donors (Lipinski definition) is 2. The summed E-state index contributed by atoms with van der Waals surface area (Å²) in [6.45, 7) is 0.638. The van der Waals surface area contributed by atoms with Gasteiger partial charge in [-0.25, -0.2) is 0 Å². The van der Waals surface area contributed by atoms with E-state index in [1.807, 2.05) is 24.3 Å². The Hall–Kier alpha value is -1.65. The summed E-state index contributed by atoms with van der Waals surface area (Å²) in [7, 11) is 0. The van der Waals surface area contributed by atoms with Crippen molar-refractivity contribution in [3.63, 3.8) is 0 Å². The van der Waals surface area contributed by atoms with Gasteiger partial charge in [0.25, 0.3) is 0 Å². The van der Waals surface area contributed by atoms with Crippen LogP contribution in [0.15, 0.2) is 53.4 Å². The molecule has 110 valence electrons. The molecule has 0 fully saturated rings. The number of halogens is 1. The number of amides is 1. The average molecular weight is 321 g/mol. The highest BCUT2D eigenvalue weighted by atomic mass is 35.5. The first kappa shape index (κ1) is 15.7. The van der Waals surface area contributed by atoms with Crippen LogP contribution in [-0.2, 0) is 11.2 Å². The van der Waals surface area contributed by atoms with E-state index in [-0.39, 0.29) is 5.91 Å². The van der Waals surface area contributed by atoms with E-state index >= 15 is 0 Å². The Morgan fingerprint density at radius 3 is 2.67 bits per heavy atom. The van der Waals surface area contributed by atoms with Crippen molar-refractivity contribution < 1.29 is 4.79 Å². The summed E-state index contributed by atoms with van der Waals surface area (Å²) in [6, 6.07) is 15.4. The molecule has 0 saturated heterocycles. The molecular formula is C16H17ClN2OS. The van der Waals surface area contributed by atoms with Gasteiger partial charge in [0.15, 0.2) is 0 Å². The summed E-state index contributed by atoms with van der Waals surface area (Å²) in [5.74, 6) is 0.353. The molecule has 2 aromatic rings. The maximum Gasteiger partial charge on any atom is 0.230 e. The normalized spacial score (nSPS) is 10.3. The molecule has 0 bridgehead atoms. The Balaban J connectivity index is 1.72. The zero-order valence-electron chi connectivity index (χ0n) is 11.5. The number of benzene rings is 2. The van der Waals surface area contributed by atoms with Gasteiger partial charge in [-0.3, -0.25) is 4.79 Å². The summed E-state index contributed by atoms with van der Waals surface area (Å²) >= 11 is 7.25. The standard InChI is InChI=1S/C16H17ClN2OS/c17-13-6-7-15(14(18)10-13)21-11-16(20)19-9-8-12-4-2-1-3-5-12/h1-7,10H,8-9,11,18H2,(H,19,20). The molecule has 0 aliphatic rings. The molecule has 0 radical (unpaired) electrons. The van der Waals surface area contributed by atoms with E-state index in [0.29, 0.717) is 23.0 Å². The lowest BCUT2D eigenvalue weighted by Gasteiger charge is -2.07. The zero-order chi connectivity index (χ0) is 15.1.